The smallest absolute Gasteiger partial charge is 0.260 e. The number of amides is 1. The van der Waals surface area contributed by atoms with Crippen LogP contribution in [0.2, 0.25) is 5.02 Å². The van der Waals surface area contributed by atoms with E-state index in [9.17, 15) is 13.6 Å². The van der Waals surface area contributed by atoms with Crippen LogP contribution < -0.4 is 4.90 Å². The van der Waals surface area contributed by atoms with Gasteiger partial charge in [-0.3, -0.25) is 14.7 Å². The number of carbonyl (C=O) groups excluding carboxylic acids is 1. The number of hydrogen-bond donors (Lipinski definition) is 0. The van der Waals surface area contributed by atoms with Crippen molar-refractivity contribution in [3.8, 4) is 0 Å². The lowest BCUT2D eigenvalue weighted by atomic mass is 10.1. The summed E-state index contributed by atoms with van der Waals surface area (Å²) in [7, 11) is 0. The number of carbonyl (C=O) groups is 1. The van der Waals surface area contributed by atoms with Crippen LogP contribution in [0.1, 0.15) is 15.9 Å². The molecule has 4 aromatic rings. The van der Waals surface area contributed by atoms with E-state index in [2.05, 4.69) is 9.97 Å². The predicted molar refractivity (Wildman–Crippen MR) is 106 cm³/mol. The van der Waals surface area contributed by atoms with Crippen molar-refractivity contribution in [2.75, 3.05) is 4.90 Å². The second kappa shape index (κ2) is 7.61. The largest absolute Gasteiger partial charge is 0.279 e. The lowest BCUT2D eigenvalue weighted by Gasteiger charge is -2.20. The number of hydrogen-bond acceptors (Lipinski definition) is 4. The fourth-order valence-electron chi connectivity index (χ4n) is 2.70. The van der Waals surface area contributed by atoms with Gasteiger partial charge in [-0.15, -0.1) is 0 Å². The zero-order valence-electron chi connectivity index (χ0n) is 14.3. The van der Waals surface area contributed by atoms with Crippen molar-refractivity contribution in [2.45, 2.75) is 6.54 Å². The van der Waals surface area contributed by atoms with Crippen LogP contribution in [-0.4, -0.2) is 15.9 Å². The summed E-state index contributed by atoms with van der Waals surface area (Å²) < 4.78 is 27.8. The number of para-hydroxylation sites is 1. The van der Waals surface area contributed by atoms with Crippen molar-refractivity contribution in [1.29, 1.82) is 0 Å². The normalized spacial score (nSPS) is 11.0. The minimum Gasteiger partial charge on any atom is -0.279 e. The van der Waals surface area contributed by atoms with Gasteiger partial charge in [0.1, 0.15) is 5.52 Å². The highest BCUT2D eigenvalue weighted by molar-refractivity contribution is 7.22. The minimum absolute atomic E-state index is 0.0214. The summed E-state index contributed by atoms with van der Waals surface area (Å²) in [6, 6.07) is 12.0. The lowest BCUT2D eigenvalue weighted by Crippen LogP contribution is -2.30. The number of benzene rings is 2. The third kappa shape index (κ3) is 3.58. The topological polar surface area (TPSA) is 46.1 Å². The molecule has 2 aromatic heterocycles. The van der Waals surface area contributed by atoms with Gasteiger partial charge in [0, 0.05) is 18.0 Å². The Bertz CT molecular complexity index is 1170. The zero-order chi connectivity index (χ0) is 19.7. The number of aromatic nitrogens is 2. The van der Waals surface area contributed by atoms with Crippen molar-refractivity contribution in [3.05, 3.63) is 88.7 Å². The van der Waals surface area contributed by atoms with E-state index >= 15 is 0 Å². The number of nitrogens with zero attached hydrogens (tertiary/aromatic N) is 3. The van der Waals surface area contributed by atoms with Crippen LogP contribution in [-0.2, 0) is 6.54 Å². The summed E-state index contributed by atoms with van der Waals surface area (Å²) in [4.78, 5) is 23.1. The Labute approximate surface area is 168 Å². The monoisotopic (exact) mass is 415 g/mol. The first-order valence-electron chi connectivity index (χ1n) is 8.24. The highest BCUT2D eigenvalue weighted by Crippen LogP contribution is 2.34. The van der Waals surface area contributed by atoms with Crippen LogP contribution in [0, 0.1) is 11.6 Å². The van der Waals surface area contributed by atoms with Gasteiger partial charge in [0.25, 0.3) is 5.91 Å². The highest BCUT2D eigenvalue weighted by Gasteiger charge is 2.23. The molecule has 0 bridgehead atoms. The minimum atomic E-state index is -1.08. The van der Waals surface area contributed by atoms with E-state index in [4.69, 9.17) is 11.6 Å². The van der Waals surface area contributed by atoms with Gasteiger partial charge < -0.3 is 0 Å². The molecular weight excluding hydrogens is 404 g/mol. The number of halogens is 3. The third-order valence-corrected chi connectivity index (χ3v) is 5.41. The maximum absolute atomic E-state index is 13.7. The van der Waals surface area contributed by atoms with Crippen molar-refractivity contribution in [3.63, 3.8) is 0 Å². The molecule has 0 saturated heterocycles. The molecule has 0 aliphatic rings. The molecule has 2 heterocycles. The fraction of sp³-hybridized carbons (Fsp3) is 0.0500. The van der Waals surface area contributed by atoms with Crippen LogP contribution in [0.25, 0.3) is 10.2 Å². The number of thiazole rings is 1. The Hall–Kier alpha value is -2.90. The number of pyridine rings is 1. The summed E-state index contributed by atoms with van der Waals surface area (Å²) in [5.74, 6) is -2.60. The van der Waals surface area contributed by atoms with Gasteiger partial charge in [-0.05, 0) is 42.0 Å². The van der Waals surface area contributed by atoms with E-state index < -0.39 is 17.5 Å². The Morgan fingerprint density at radius 2 is 1.96 bits per heavy atom. The Kier molecular flexibility index (Phi) is 5.02. The SMILES string of the molecule is O=C(c1ccc(F)c(F)c1)N(Cc1cccnc1)c1nc2c(Cl)cccc2s1. The van der Waals surface area contributed by atoms with Crippen LogP contribution >= 0.6 is 22.9 Å². The molecule has 0 N–H and O–H groups in total. The molecule has 0 radical (unpaired) electrons. The van der Waals surface area contributed by atoms with E-state index in [1.807, 2.05) is 12.1 Å². The first-order chi connectivity index (χ1) is 13.5. The van der Waals surface area contributed by atoms with Gasteiger partial charge in [0.05, 0.1) is 16.3 Å². The fourth-order valence-corrected chi connectivity index (χ4v) is 3.97. The quantitative estimate of drug-likeness (QED) is 0.444. The van der Waals surface area contributed by atoms with E-state index in [1.165, 1.54) is 22.3 Å². The highest BCUT2D eigenvalue weighted by atomic mass is 35.5. The van der Waals surface area contributed by atoms with Gasteiger partial charge in [-0.2, -0.15) is 0 Å². The maximum Gasteiger partial charge on any atom is 0.260 e. The standard InChI is InChI=1S/C20H12ClF2N3OS/c21-14-4-1-5-17-18(14)25-20(28-17)26(11-12-3-2-8-24-10-12)19(27)13-6-7-15(22)16(23)9-13/h1-10H,11H2. The molecule has 1 amide bonds. The molecule has 28 heavy (non-hydrogen) atoms. The van der Waals surface area contributed by atoms with Gasteiger partial charge in [0.15, 0.2) is 16.8 Å². The Balaban J connectivity index is 1.79. The lowest BCUT2D eigenvalue weighted by molar-refractivity contribution is 0.0984. The number of anilines is 1. The van der Waals surface area contributed by atoms with E-state index in [1.54, 1.807) is 30.6 Å². The van der Waals surface area contributed by atoms with Gasteiger partial charge >= 0.3 is 0 Å². The van der Waals surface area contributed by atoms with E-state index in [0.29, 0.717) is 15.7 Å². The molecule has 2 aromatic carbocycles. The summed E-state index contributed by atoms with van der Waals surface area (Å²) in [6.45, 7) is 0.170. The second-order valence-corrected chi connectivity index (χ2v) is 7.38. The third-order valence-electron chi connectivity index (χ3n) is 4.06. The summed E-state index contributed by atoms with van der Waals surface area (Å²) in [5, 5.41) is 0.878. The Morgan fingerprint density at radius 3 is 2.68 bits per heavy atom. The molecule has 140 valence electrons. The first kappa shape index (κ1) is 18.5. The van der Waals surface area contributed by atoms with Crippen molar-refractivity contribution in [2.24, 2.45) is 0 Å². The molecule has 0 aliphatic heterocycles. The van der Waals surface area contributed by atoms with Crippen molar-refractivity contribution in [1.82, 2.24) is 9.97 Å². The van der Waals surface area contributed by atoms with E-state index in [0.717, 1.165) is 22.4 Å². The summed E-state index contributed by atoms with van der Waals surface area (Å²) >= 11 is 7.50. The second-order valence-electron chi connectivity index (χ2n) is 5.96. The molecule has 0 unspecified atom stereocenters. The van der Waals surface area contributed by atoms with Crippen molar-refractivity contribution < 1.29 is 13.6 Å². The maximum atomic E-state index is 13.7. The molecule has 0 fully saturated rings. The van der Waals surface area contributed by atoms with E-state index in [-0.39, 0.29) is 12.1 Å². The van der Waals surface area contributed by atoms with Crippen LogP contribution in [0.3, 0.4) is 0 Å². The molecule has 4 rings (SSSR count). The average molecular weight is 416 g/mol. The number of fused-ring (bicyclic) bond motifs is 1. The van der Waals surface area contributed by atoms with Crippen LogP contribution in [0.5, 0.6) is 0 Å². The van der Waals surface area contributed by atoms with Gasteiger partial charge in [-0.1, -0.05) is 35.1 Å². The Morgan fingerprint density at radius 1 is 1.11 bits per heavy atom. The summed E-state index contributed by atoms with van der Waals surface area (Å²) in [5.41, 5.74) is 1.37. The molecule has 4 nitrogen and oxygen atoms in total. The van der Waals surface area contributed by atoms with Crippen LogP contribution in [0.15, 0.2) is 60.9 Å². The average Bonchev–Trinajstić information content (AvgIpc) is 3.14. The predicted octanol–water partition coefficient (Wildman–Crippen LogP) is 5.47. The van der Waals surface area contributed by atoms with Gasteiger partial charge in [0.2, 0.25) is 0 Å². The van der Waals surface area contributed by atoms with Crippen LogP contribution in [0.4, 0.5) is 13.9 Å². The molecule has 0 spiro atoms. The first-order valence-corrected chi connectivity index (χ1v) is 9.43. The molecule has 0 aliphatic carbocycles. The molecule has 0 atom stereocenters. The van der Waals surface area contributed by atoms with Crippen molar-refractivity contribution >= 4 is 44.2 Å². The molecule has 0 saturated carbocycles. The number of rotatable bonds is 4. The zero-order valence-corrected chi connectivity index (χ0v) is 15.8. The summed E-state index contributed by atoms with van der Waals surface area (Å²) in [6.07, 6.45) is 3.26. The molecule has 8 heteroatoms. The van der Waals surface area contributed by atoms with Gasteiger partial charge in [-0.25, -0.2) is 13.8 Å². The molecular formula is C20H12ClF2N3OS.